The van der Waals surface area contributed by atoms with Gasteiger partial charge in [-0.25, -0.2) is 4.68 Å². The maximum atomic E-state index is 6.06. The monoisotopic (exact) mass is 327 g/mol. The van der Waals surface area contributed by atoms with Gasteiger partial charge in [-0.15, -0.1) is 0 Å². The number of nitrogen functional groups attached to an aromatic ring is 1. The maximum absolute atomic E-state index is 6.06. The summed E-state index contributed by atoms with van der Waals surface area (Å²) in [6.45, 7) is 0.678. The summed E-state index contributed by atoms with van der Waals surface area (Å²) in [6.07, 6.45) is 0. The fourth-order valence-electron chi connectivity index (χ4n) is 2.11. The van der Waals surface area contributed by atoms with E-state index in [9.17, 15) is 0 Å². The Hall–Kier alpha value is -2.07. The quantitative estimate of drug-likeness (QED) is 0.791. The van der Waals surface area contributed by atoms with Crippen molar-refractivity contribution in [2.24, 2.45) is 0 Å². The number of benzene rings is 2. The van der Waals surface area contributed by atoms with Crippen molar-refractivity contribution in [1.29, 1.82) is 0 Å². The Kier molecular flexibility index (Phi) is 3.56. The zero-order chi connectivity index (χ0) is 13.9. The van der Waals surface area contributed by atoms with Crippen LogP contribution in [0.1, 0.15) is 5.56 Å². The smallest absolute Gasteiger partial charge is 0.122 e. The minimum Gasteiger partial charge on any atom is -0.384 e. The average Bonchev–Trinajstić information content (AvgIpc) is 2.81. The Morgan fingerprint density at radius 1 is 1.00 bits per heavy atom. The lowest BCUT2D eigenvalue weighted by atomic mass is 10.1. The van der Waals surface area contributed by atoms with E-state index in [1.807, 2.05) is 53.2 Å². The molecule has 1 aromatic heterocycles. The van der Waals surface area contributed by atoms with Crippen LogP contribution in [-0.4, -0.2) is 9.78 Å². The molecular weight excluding hydrogens is 314 g/mol. The van der Waals surface area contributed by atoms with Gasteiger partial charge in [-0.05, 0) is 11.6 Å². The van der Waals surface area contributed by atoms with Crippen LogP contribution >= 0.6 is 15.9 Å². The molecule has 0 bridgehead atoms. The van der Waals surface area contributed by atoms with Crippen molar-refractivity contribution in [3.63, 3.8) is 0 Å². The summed E-state index contributed by atoms with van der Waals surface area (Å²) in [7, 11) is 0. The summed E-state index contributed by atoms with van der Waals surface area (Å²) in [5, 5.41) is 4.60. The van der Waals surface area contributed by atoms with Gasteiger partial charge >= 0.3 is 0 Å². The molecule has 1 heterocycles. The van der Waals surface area contributed by atoms with Gasteiger partial charge in [0.1, 0.15) is 5.82 Å². The molecule has 0 amide bonds. The first-order valence-corrected chi connectivity index (χ1v) is 7.15. The van der Waals surface area contributed by atoms with Gasteiger partial charge in [0.05, 0.1) is 12.2 Å². The number of nitrogens with two attached hydrogens (primary N) is 1. The molecule has 3 rings (SSSR count). The molecule has 2 aromatic carbocycles. The van der Waals surface area contributed by atoms with E-state index in [2.05, 4.69) is 33.2 Å². The lowest BCUT2D eigenvalue weighted by Gasteiger charge is -2.04. The van der Waals surface area contributed by atoms with Crippen molar-refractivity contribution in [3.8, 4) is 11.3 Å². The van der Waals surface area contributed by atoms with Crippen molar-refractivity contribution in [1.82, 2.24) is 9.78 Å². The van der Waals surface area contributed by atoms with Gasteiger partial charge < -0.3 is 5.73 Å². The number of nitrogens with zero attached hydrogens (tertiary/aromatic N) is 2. The number of aromatic nitrogens is 2. The Morgan fingerprint density at radius 3 is 2.45 bits per heavy atom. The predicted molar refractivity (Wildman–Crippen MR) is 85.3 cm³/mol. The standard InChI is InChI=1S/C16H14BrN3/c17-14-9-5-4-8-13(14)15-10-16(18)20(19-15)11-12-6-2-1-3-7-12/h1-10H,11,18H2. The third-order valence-corrected chi connectivity index (χ3v) is 3.83. The van der Waals surface area contributed by atoms with E-state index in [-0.39, 0.29) is 0 Å². The molecule has 0 atom stereocenters. The fraction of sp³-hybridized carbons (Fsp3) is 0.0625. The maximum Gasteiger partial charge on any atom is 0.122 e. The van der Waals surface area contributed by atoms with Gasteiger partial charge in [-0.2, -0.15) is 5.10 Å². The first-order chi connectivity index (χ1) is 9.74. The molecule has 4 heteroatoms. The minimum absolute atomic E-state index is 0.666. The van der Waals surface area contributed by atoms with E-state index in [0.717, 1.165) is 15.7 Å². The van der Waals surface area contributed by atoms with E-state index < -0.39 is 0 Å². The number of rotatable bonds is 3. The zero-order valence-corrected chi connectivity index (χ0v) is 12.4. The molecule has 3 nitrogen and oxygen atoms in total. The Balaban J connectivity index is 1.94. The molecule has 0 aliphatic heterocycles. The van der Waals surface area contributed by atoms with E-state index in [4.69, 9.17) is 5.73 Å². The molecule has 0 aliphatic rings. The van der Waals surface area contributed by atoms with Gasteiger partial charge in [0.15, 0.2) is 0 Å². The van der Waals surface area contributed by atoms with Crippen molar-refractivity contribution >= 4 is 21.7 Å². The summed E-state index contributed by atoms with van der Waals surface area (Å²) in [4.78, 5) is 0. The molecular formula is C16H14BrN3. The van der Waals surface area contributed by atoms with Crippen LogP contribution in [0, 0.1) is 0 Å². The molecule has 0 saturated carbocycles. The fourth-order valence-corrected chi connectivity index (χ4v) is 2.60. The van der Waals surface area contributed by atoms with Gasteiger partial charge in [-0.3, -0.25) is 0 Å². The predicted octanol–water partition coefficient (Wildman–Crippen LogP) is 3.94. The number of halogens is 1. The normalized spacial score (nSPS) is 10.7. The molecule has 0 aliphatic carbocycles. The number of anilines is 1. The van der Waals surface area contributed by atoms with Crippen LogP contribution < -0.4 is 5.73 Å². The van der Waals surface area contributed by atoms with Crippen molar-refractivity contribution in [2.45, 2.75) is 6.54 Å². The van der Waals surface area contributed by atoms with E-state index in [1.54, 1.807) is 0 Å². The van der Waals surface area contributed by atoms with Gasteiger partial charge in [0, 0.05) is 16.1 Å². The Labute approximate surface area is 126 Å². The highest BCUT2D eigenvalue weighted by Crippen LogP contribution is 2.28. The highest BCUT2D eigenvalue weighted by atomic mass is 79.9. The average molecular weight is 328 g/mol. The zero-order valence-electron chi connectivity index (χ0n) is 10.8. The number of hydrogen-bond donors (Lipinski definition) is 1. The molecule has 0 fully saturated rings. The van der Waals surface area contributed by atoms with Crippen molar-refractivity contribution in [2.75, 3.05) is 5.73 Å². The Morgan fingerprint density at radius 2 is 1.70 bits per heavy atom. The highest BCUT2D eigenvalue weighted by molar-refractivity contribution is 9.10. The summed E-state index contributed by atoms with van der Waals surface area (Å²) in [5.74, 6) is 0.666. The minimum atomic E-state index is 0.666. The van der Waals surface area contributed by atoms with E-state index in [0.29, 0.717) is 12.4 Å². The molecule has 100 valence electrons. The second-order valence-corrected chi connectivity index (χ2v) is 5.43. The van der Waals surface area contributed by atoms with Gasteiger partial charge in [0.25, 0.3) is 0 Å². The summed E-state index contributed by atoms with van der Waals surface area (Å²) in [5.41, 5.74) is 9.17. The Bertz CT molecular complexity index is 720. The lowest BCUT2D eigenvalue weighted by Crippen LogP contribution is -2.05. The molecule has 3 aromatic rings. The summed E-state index contributed by atoms with van der Waals surface area (Å²) >= 11 is 3.54. The van der Waals surface area contributed by atoms with Crippen LogP contribution in [0.15, 0.2) is 65.1 Å². The summed E-state index contributed by atoms with van der Waals surface area (Å²) in [6, 6.07) is 20.1. The SMILES string of the molecule is Nc1cc(-c2ccccc2Br)nn1Cc1ccccc1. The first-order valence-electron chi connectivity index (χ1n) is 6.36. The van der Waals surface area contributed by atoms with Crippen LogP contribution in [0.2, 0.25) is 0 Å². The van der Waals surface area contributed by atoms with Crippen LogP contribution in [0.3, 0.4) is 0 Å². The van der Waals surface area contributed by atoms with Crippen LogP contribution in [0.5, 0.6) is 0 Å². The van der Waals surface area contributed by atoms with Crippen molar-refractivity contribution in [3.05, 3.63) is 70.7 Å². The third-order valence-electron chi connectivity index (χ3n) is 3.14. The van der Waals surface area contributed by atoms with E-state index >= 15 is 0 Å². The number of hydrogen-bond acceptors (Lipinski definition) is 2. The molecule has 2 N–H and O–H groups in total. The largest absolute Gasteiger partial charge is 0.384 e. The highest BCUT2D eigenvalue weighted by Gasteiger charge is 2.09. The molecule has 20 heavy (non-hydrogen) atoms. The van der Waals surface area contributed by atoms with Crippen LogP contribution in [0.4, 0.5) is 5.82 Å². The molecule has 0 unspecified atom stereocenters. The second-order valence-electron chi connectivity index (χ2n) is 4.58. The first kappa shape index (κ1) is 12.9. The summed E-state index contributed by atoms with van der Waals surface area (Å²) < 4.78 is 2.84. The van der Waals surface area contributed by atoms with Gasteiger partial charge in [-0.1, -0.05) is 64.5 Å². The topological polar surface area (TPSA) is 43.8 Å². The van der Waals surface area contributed by atoms with Crippen LogP contribution in [0.25, 0.3) is 11.3 Å². The second kappa shape index (κ2) is 5.51. The van der Waals surface area contributed by atoms with Gasteiger partial charge in [0.2, 0.25) is 0 Å². The molecule has 0 spiro atoms. The third kappa shape index (κ3) is 2.60. The van der Waals surface area contributed by atoms with Crippen molar-refractivity contribution < 1.29 is 0 Å². The van der Waals surface area contributed by atoms with Crippen LogP contribution in [-0.2, 0) is 6.54 Å². The molecule has 0 saturated heterocycles. The lowest BCUT2D eigenvalue weighted by molar-refractivity contribution is 0.700. The van der Waals surface area contributed by atoms with E-state index in [1.165, 1.54) is 5.56 Å². The molecule has 0 radical (unpaired) electrons.